The number of aromatic nitrogens is 2. The number of rotatable bonds is 3. The molecule has 1 aromatic carbocycles. The van der Waals surface area contributed by atoms with E-state index in [1.54, 1.807) is 0 Å². The van der Waals surface area contributed by atoms with Gasteiger partial charge in [-0.05, 0) is 31.5 Å². The number of benzene rings is 1. The van der Waals surface area contributed by atoms with Gasteiger partial charge in [0.1, 0.15) is 11.6 Å². The van der Waals surface area contributed by atoms with Crippen LogP contribution >= 0.6 is 0 Å². The molecule has 1 N–H and O–H groups in total. The van der Waals surface area contributed by atoms with Crippen LogP contribution in [0.4, 0.5) is 8.78 Å². The Hall–Kier alpha value is -1.82. The number of hydrogen-bond acceptors (Lipinski definition) is 4. The summed E-state index contributed by atoms with van der Waals surface area (Å²) in [7, 11) is 0. The molecular formula is C14H15F2N3O. The van der Waals surface area contributed by atoms with Gasteiger partial charge in [0.2, 0.25) is 11.7 Å². The lowest BCUT2D eigenvalue weighted by Gasteiger charge is -2.21. The van der Waals surface area contributed by atoms with Gasteiger partial charge in [0.15, 0.2) is 0 Å². The van der Waals surface area contributed by atoms with Gasteiger partial charge in [-0.25, -0.2) is 8.78 Å². The van der Waals surface area contributed by atoms with Crippen LogP contribution in [-0.4, -0.2) is 22.7 Å². The van der Waals surface area contributed by atoms with Crippen LogP contribution in [0, 0.1) is 11.6 Å². The Morgan fingerprint density at radius 3 is 2.95 bits per heavy atom. The normalized spacial score (nSPS) is 19.2. The summed E-state index contributed by atoms with van der Waals surface area (Å²) in [6.45, 7) is 0.998. The first-order valence-corrected chi connectivity index (χ1v) is 6.74. The third-order valence-electron chi connectivity index (χ3n) is 3.47. The van der Waals surface area contributed by atoms with E-state index in [0.29, 0.717) is 18.4 Å². The maximum absolute atomic E-state index is 13.6. The lowest BCUT2D eigenvalue weighted by Crippen LogP contribution is -2.35. The minimum atomic E-state index is -0.687. The van der Waals surface area contributed by atoms with Crippen molar-refractivity contribution in [2.45, 2.75) is 31.7 Å². The Bertz CT molecular complexity index is 594. The van der Waals surface area contributed by atoms with Gasteiger partial charge in [0.25, 0.3) is 0 Å². The Morgan fingerprint density at radius 1 is 1.30 bits per heavy atom. The molecule has 4 nitrogen and oxygen atoms in total. The fourth-order valence-electron chi connectivity index (χ4n) is 2.43. The van der Waals surface area contributed by atoms with E-state index in [9.17, 15) is 8.78 Å². The van der Waals surface area contributed by atoms with Crippen molar-refractivity contribution in [1.82, 2.24) is 15.5 Å². The molecule has 1 atom stereocenters. The van der Waals surface area contributed by atoms with Crippen molar-refractivity contribution in [1.29, 1.82) is 0 Å². The molecule has 0 radical (unpaired) electrons. The van der Waals surface area contributed by atoms with Gasteiger partial charge in [-0.1, -0.05) is 11.6 Å². The molecule has 6 heteroatoms. The van der Waals surface area contributed by atoms with Gasteiger partial charge in [0.05, 0.1) is 5.56 Å². The van der Waals surface area contributed by atoms with Crippen molar-refractivity contribution < 1.29 is 13.3 Å². The van der Waals surface area contributed by atoms with Gasteiger partial charge in [-0.2, -0.15) is 4.98 Å². The van der Waals surface area contributed by atoms with Crippen LogP contribution < -0.4 is 5.32 Å². The monoisotopic (exact) mass is 279 g/mol. The first-order valence-electron chi connectivity index (χ1n) is 6.74. The molecule has 20 heavy (non-hydrogen) atoms. The summed E-state index contributed by atoms with van der Waals surface area (Å²) in [6, 6.07) is 3.64. The zero-order chi connectivity index (χ0) is 13.9. The SMILES string of the molecule is Fc1ccc(-c2noc(CC3CCCCN3)n2)c(F)c1. The lowest BCUT2D eigenvalue weighted by atomic mass is 10.0. The zero-order valence-electron chi connectivity index (χ0n) is 10.9. The fraction of sp³-hybridized carbons (Fsp3) is 0.429. The third kappa shape index (κ3) is 2.85. The highest BCUT2D eigenvalue weighted by Gasteiger charge is 2.18. The number of nitrogens with zero attached hydrogens (tertiary/aromatic N) is 2. The second kappa shape index (κ2) is 5.66. The molecule has 3 rings (SSSR count). The van der Waals surface area contributed by atoms with Crippen molar-refractivity contribution >= 4 is 0 Å². The first kappa shape index (κ1) is 13.2. The van der Waals surface area contributed by atoms with Crippen molar-refractivity contribution in [2.75, 3.05) is 6.54 Å². The van der Waals surface area contributed by atoms with Crippen molar-refractivity contribution in [3.63, 3.8) is 0 Å². The van der Waals surface area contributed by atoms with E-state index in [1.807, 2.05) is 0 Å². The molecule has 1 saturated heterocycles. The highest BCUT2D eigenvalue weighted by molar-refractivity contribution is 5.54. The molecular weight excluding hydrogens is 264 g/mol. The number of nitrogens with one attached hydrogen (secondary N) is 1. The Kier molecular flexibility index (Phi) is 3.73. The third-order valence-corrected chi connectivity index (χ3v) is 3.47. The summed E-state index contributed by atoms with van der Waals surface area (Å²) in [6.07, 6.45) is 4.08. The summed E-state index contributed by atoms with van der Waals surface area (Å²) >= 11 is 0. The van der Waals surface area contributed by atoms with E-state index in [1.165, 1.54) is 25.0 Å². The second-order valence-corrected chi connectivity index (χ2v) is 4.99. The van der Waals surface area contributed by atoms with Crippen molar-refractivity contribution in [2.24, 2.45) is 0 Å². The summed E-state index contributed by atoms with van der Waals surface area (Å²) in [5.74, 6) is -0.675. The van der Waals surface area contributed by atoms with Gasteiger partial charge < -0.3 is 9.84 Å². The smallest absolute Gasteiger partial charge is 0.228 e. The van der Waals surface area contributed by atoms with Crippen molar-refractivity contribution in [3.8, 4) is 11.4 Å². The van der Waals surface area contributed by atoms with Gasteiger partial charge in [-0.3, -0.25) is 0 Å². The average molecular weight is 279 g/mol. The van der Waals surface area contributed by atoms with E-state index in [4.69, 9.17) is 4.52 Å². The second-order valence-electron chi connectivity index (χ2n) is 4.99. The first-order chi connectivity index (χ1) is 9.72. The average Bonchev–Trinajstić information content (AvgIpc) is 2.88. The highest BCUT2D eigenvalue weighted by atomic mass is 19.1. The molecule has 106 valence electrons. The molecule has 1 fully saturated rings. The molecule has 2 aromatic rings. The molecule has 1 aromatic heterocycles. The van der Waals surface area contributed by atoms with Crippen LogP contribution in [0.15, 0.2) is 22.7 Å². The molecule has 1 unspecified atom stereocenters. The molecule has 0 bridgehead atoms. The van der Waals surface area contributed by atoms with Crippen LogP contribution in [0.3, 0.4) is 0 Å². The number of halogens is 2. The minimum Gasteiger partial charge on any atom is -0.339 e. The topological polar surface area (TPSA) is 51.0 Å². The quantitative estimate of drug-likeness (QED) is 0.938. The fourth-order valence-corrected chi connectivity index (χ4v) is 2.43. The molecule has 0 aliphatic carbocycles. The highest BCUT2D eigenvalue weighted by Crippen LogP contribution is 2.21. The van der Waals surface area contributed by atoms with Crippen LogP contribution in [0.2, 0.25) is 0 Å². The van der Waals surface area contributed by atoms with Gasteiger partial charge in [-0.15, -0.1) is 0 Å². The van der Waals surface area contributed by atoms with Crippen LogP contribution in [0.25, 0.3) is 11.4 Å². The Morgan fingerprint density at radius 2 is 2.20 bits per heavy atom. The number of hydrogen-bond donors (Lipinski definition) is 1. The lowest BCUT2D eigenvalue weighted by molar-refractivity contribution is 0.331. The minimum absolute atomic E-state index is 0.151. The van der Waals surface area contributed by atoms with Crippen LogP contribution in [0.1, 0.15) is 25.2 Å². The predicted molar refractivity (Wildman–Crippen MR) is 69.0 cm³/mol. The standard InChI is InChI=1S/C14H15F2N3O/c15-9-4-5-11(12(16)7-9)14-18-13(20-19-14)8-10-3-1-2-6-17-10/h4-5,7,10,17H,1-3,6,8H2. The molecule has 0 spiro atoms. The molecule has 0 amide bonds. The van der Waals surface area contributed by atoms with E-state index >= 15 is 0 Å². The maximum Gasteiger partial charge on any atom is 0.228 e. The Labute approximate surface area is 115 Å². The molecule has 2 heterocycles. The molecule has 0 saturated carbocycles. The largest absolute Gasteiger partial charge is 0.339 e. The summed E-state index contributed by atoms with van der Waals surface area (Å²) in [5.41, 5.74) is 0.151. The van der Waals surface area contributed by atoms with Gasteiger partial charge in [0, 0.05) is 18.5 Å². The number of piperidine rings is 1. The van der Waals surface area contributed by atoms with Gasteiger partial charge >= 0.3 is 0 Å². The molecule has 1 aliphatic heterocycles. The van der Waals surface area contributed by atoms with E-state index in [2.05, 4.69) is 15.5 Å². The Balaban J connectivity index is 1.75. The summed E-state index contributed by atoms with van der Waals surface area (Å²) < 4.78 is 31.6. The van der Waals surface area contributed by atoms with Crippen LogP contribution in [-0.2, 0) is 6.42 Å². The predicted octanol–water partition coefficient (Wildman–Crippen LogP) is 2.70. The van der Waals surface area contributed by atoms with E-state index < -0.39 is 11.6 Å². The zero-order valence-corrected chi connectivity index (χ0v) is 10.9. The summed E-state index contributed by atoms with van der Waals surface area (Å²) in [4.78, 5) is 4.18. The summed E-state index contributed by atoms with van der Waals surface area (Å²) in [5, 5.41) is 7.15. The van der Waals surface area contributed by atoms with E-state index in [0.717, 1.165) is 19.0 Å². The molecule has 1 aliphatic rings. The maximum atomic E-state index is 13.6. The van der Waals surface area contributed by atoms with E-state index in [-0.39, 0.29) is 11.4 Å². The van der Waals surface area contributed by atoms with Crippen molar-refractivity contribution in [3.05, 3.63) is 35.7 Å². The van der Waals surface area contributed by atoms with Crippen LogP contribution in [0.5, 0.6) is 0 Å².